The van der Waals surface area contributed by atoms with Crippen LogP contribution in [0.25, 0.3) is 0 Å². The molecule has 1 aromatic heterocycles. The molecular formula is C29H41N7O4. The van der Waals surface area contributed by atoms with E-state index >= 15 is 0 Å². The maximum absolute atomic E-state index is 12.0. The second-order valence-corrected chi connectivity index (χ2v) is 9.57. The van der Waals surface area contributed by atoms with E-state index < -0.39 is 0 Å². The summed E-state index contributed by atoms with van der Waals surface area (Å²) in [5.41, 5.74) is 1.73. The molecule has 1 heterocycles. The van der Waals surface area contributed by atoms with Gasteiger partial charge in [0.25, 0.3) is 5.91 Å². The number of aromatic nitrogens is 3. The lowest BCUT2D eigenvalue weighted by Gasteiger charge is -2.19. The van der Waals surface area contributed by atoms with Crippen LogP contribution in [0.3, 0.4) is 0 Å². The summed E-state index contributed by atoms with van der Waals surface area (Å²) in [6.07, 6.45) is 0.785. The highest BCUT2D eigenvalue weighted by atomic mass is 16.5. The number of carbonyl (C=O) groups excluding carboxylic acids is 1. The lowest BCUT2D eigenvalue weighted by atomic mass is 10.0. The van der Waals surface area contributed by atoms with Crippen molar-refractivity contribution in [3.63, 3.8) is 0 Å². The normalized spacial score (nSPS) is 11.7. The summed E-state index contributed by atoms with van der Waals surface area (Å²) < 4.78 is 11.2. The van der Waals surface area contributed by atoms with Crippen molar-refractivity contribution >= 4 is 23.8 Å². The highest BCUT2D eigenvalue weighted by molar-refractivity contribution is 5.94. The van der Waals surface area contributed by atoms with Gasteiger partial charge < -0.3 is 35.8 Å². The van der Waals surface area contributed by atoms with Crippen molar-refractivity contribution in [2.24, 2.45) is 5.92 Å². The first-order chi connectivity index (χ1) is 19.5. The largest absolute Gasteiger partial charge is 0.394 e. The molecule has 0 aliphatic carbocycles. The average Bonchev–Trinajstić information content (AvgIpc) is 2.97. The fraction of sp³-hybridized carbons (Fsp3) is 0.448. The monoisotopic (exact) mass is 551 g/mol. The molecule has 2 aromatic carbocycles. The quantitative estimate of drug-likeness (QED) is 0.141. The van der Waals surface area contributed by atoms with Gasteiger partial charge in [0.2, 0.25) is 17.8 Å². The zero-order valence-corrected chi connectivity index (χ0v) is 23.3. The van der Waals surface area contributed by atoms with Crippen LogP contribution in [0.1, 0.15) is 36.2 Å². The molecule has 5 N–H and O–H groups in total. The number of ether oxygens (including phenoxy) is 2. The van der Waals surface area contributed by atoms with Crippen molar-refractivity contribution in [3.05, 3.63) is 71.8 Å². The van der Waals surface area contributed by atoms with E-state index in [1.54, 1.807) is 12.1 Å². The third-order valence-electron chi connectivity index (χ3n) is 5.71. The molecule has 216 valence electrons. The number of anilines is 3. The van der Waals surface area contributed by atoms with Gasteiger partial charge in [-0.25, -0.2) is 0 Å². The second kappa shape index (κ2) is 17.7. The summed E-state index contributed by atoms with van der Waals surface area (Å²) in [6, 6.07) is 18.9. The van der Waals surface area contributed by atoms with Gasteiger partial charge in [-0.1, -0.05) is 62.4 Å². The first-order valence-electron chi connectivity index (χ1n) is 13.7. The van der Waals surface area contributed by atoms with Crippen LogP contribution in [0.4, 0.5) is 17.8 Å². The number of rotatable bonds is 19. The maximum Gasteiger partial charge on any atom is 0.251 e. The molecule has 1 amide bonds. The minimum Gasteiger partial charge on any atom is -0.394 e. The Hall–Kier alpha value is -3.80. The number of aliphatic hydroxyl groups excluding tert-OH is 1. The van der Waals surface area contributed by atoms with Crippen molar-refractivity contribution < 1.29 is 19.4 Å². The minimum absolute atomic E-state index is 0.0191. The second-order valence-electron chi connectivity index (χ2n) is 9.57. The van der Waals surface area contributed by atoms with Crippen LogP contribution in [0, 0.1) is 5.92 Å². The fourth-order valence-electron chi connectivity index (χ4n) is 3.79. The first-order valence-corrected chi connectivity index (χ1v) is 13.7. The number of amides is 1. The van der Waals surface area contributed by atoms with Crippen molar-refractivity contribution in [2.75, 3.05) is 62.1 Å². The molecule has 0 radical (unpaired) electrons. The van der Waals surface area contributed by atoms with Crippen LogP contribution in [-0.2, 0) is 16.0 Å². The van der Waals surface area contributed by atoms with Crippen molar-refractivity contribution in [3.8, 4) is 0 Å². The molecule has 0 saturated carbocycles. The van der Waals surface area contributed by atoms with Gasteiger partial charge >= 0.3 is 0 Å². The van der Waals surface area contributed by atoms with Gasteiger partial charge in [0.1, 0.15) is 0 Å². The van der Waals surface area contributed by atoms with Crippen LogP contribution in [0.5, 0.6) is 0 Å². The average molecular weight is 552 g/mol. The summed E-state index contributed by atoms with van der Waals surface area (Å²) in [4.78, 5) is 25.4. The predicted molar refractivity (Wildman–Crippen MR) is 156 cm³/mol. The number of nitrogens with zero attached hydrogens (tertiary/aromatic N) is 3. The highest BCUT2D eigenvalue weighted by Crippen LogP contribution is 2.14. The van der Waals surface area contributed by atoms with Crippen molar-refractivity contribution in [1.82, 2.24) is 20.3 Å². The van der Waals surface area contributed by atoms with Crippen LogP contribution < -0.4 is 21.3 Å². The zero-order valence-electron chi connectivity index (χ0n) is 23.3. The Morgan fingerprint density at radius 1 is 0.800 bits per heavy atom. The van der Waals surface area contributed by atoms with E-state index in [1.807, 2.05) is 48.5 Å². The molecular weight excluding hydrogens is 510 g/mol. The molecule has 0 bridgehead atoms. The van der Waals surface area contributed by atoms with E-state index in [4.69, 9.17) is 9.47 Å². The molecule has 0 fully saturated rings. The van der Waals surface area contributed by atoms with Gasteiger partial charge in [-0.2, -0.15) is 15.0 Å². The number of hydrogen-bond donors (Lipinski definition) is 5. The summed E-state index contributed by atoms with van der Waals surface area (Å²) in [6.45, 7) is 7.37. The Labute approximate surface area is 236 Å². The molecule has 1 atom stereocenters. The fourth-order valence-corrected chi connectivity index (χ4v) is 3.79. The molecule has 11 heteroatoms. The van der Waals surface area contributed by atoms with Gasteiger partial charge in [-0.05, 0) is 30.0 Å². The number of nitrogens with one attached hydrogen (secondary N) is 4. The molecule has 3 aromatic rings. The Kier molecular flexibility index (Phi) is 13.6. The van der Waals surface area contributed by atoms with E-state index in [0.717, 1.165) is 12.0 Å². The number of benzene rings is 2. The van der Waals surface area contributed by atoms with E-state index in [1.165, 1.54) is 0 Å². The van der Waals surface area contributed by atoms with Crippen molar-refractivity contribution in [1.29, 1.82) is 0 Å². The molecule has 11 nitrogen and oxygen atoms in total. The highest BCUT2D eigenvalue weighted by Gasteiger charge is 2.13. The van der Waals surface area contributed by atoms with E-state index in [0.29, 0.717) is 75.4 Å². The molecule has 40 heavy (non-hydrogen) atoms. The molecule has 0 aliphatic heterocycles. The minimum atomic E-state index is -0.160. The molecule has 0 saturated heterocycles. The Morgan fingerprint density at radius 2 is 1.40 bits per heavy atom. The Morgan fingerprint density at radius 3 is 2.05 bits per heavy atom. The molecule has 0 spiro atoms. The Bertz CT molecular complexity index is 1120. The Balaban J connectivity index is 1.39. The van der Waals surface area contributed by atoms with Gasteiger partial charge in [0, 0.05) is 25.2 Å². The number of hydrogen-bond acceptors (Lipinski definition) is 10. The third kappa shape index (κ3) is 11.9. The molecule has 3 rings (SSSR count). The third-order valence-corrected chi connectivity index (χ3v) is 5.71. The van der Waals surface area contributed by atoms with Gasteiger partial charge in [-0.3, -0.25) is 4.79 Å². The van der Waals surface area contributed by atoms with E-state index in [9.17, 15) is 9.90 Å². The standard InChI is InChI=1S/C29H41N7O4/c1-22(2)19-25(21-37)33-29-35-27(34-28(36-29)32-20-23-9-5-3-6-10-23)31-14-16-40-18-17-39-15-13-30-26(38)24-11-7-4-8-12-24/h3-12,22,25,37H,13-21H2,1-2H3,(H,30,38)(H3,31,32,33,34,35,36)/t25-/m1/s1. The van der Waals surface area contributed by atoms with Crippen LogP contribution >= 0.6 is 0 Å². The smallest absolute Gasteiger partial charge is 0.251 e. The van der Waals surface area contributed by atoms with Crippen LogP contribution in [0.15, 0.2) is 60.7 Å². The summed E-state index contributed by atoms with van der Waals surface area (Å²) >= 11 is 0. The molecule has 0 unspecified atom stereocenters. The predicted octanol–water partition coefficient (Wildman–Crippen LogP) is 3.18. The summed E-state index contributed by atoms with van der Waals surface area (Å²) in [5, 5.41) is 22.2. The lowest BCUT2D eigenvalue weighted by Crippen LogP contribution is -2.27. The van der Waals surface area contributed by atoms with Crippen LogP contribution in [-0.4, -0.2) is 78.1 Å². The summed E-state index contributed by atoms with van der Waals surface area (Å²) in [5.74, 6) is 1.52. The number of carbonyl (C=O) groups is 1. The molecule has 0 aliphatic rings. The number of aliphatic hydroxyl groups is 1. The first kappa shape index (κ1) is 30.7. The SMILES string of the molecule is CC(C)C[C@H](CO)Nc1nc(NCCOCCOCCNC(=O)c2ccccc2)nc(NCc2ccccc2)n1. The topological polar surface area (TPSA) is 143 Å². The van der Waals surface area contributed by atoms with Gasteiger partial charge in [-0.15, -0.1) is 0 Å². The van der Waals surface area contributed by atoms with Crippen molar-refractivity contribution in [2.45, 2.75) is 32.9 Å². The van der Waals surface area contributed by atoms with Gasteiger partial charge in [0.05, 0.1) is 39.1 Å². The van der Waals surface area contributed by atoms with Gasteiger partial charge in [0.15, 0.2) is 0 Å². The van der Waals surface area contributed by atoms with E-state index in [-0.39, 0.29) is 18.6 Å². The van der Waals surface area contributed by atoms with Crippen LogP contribution in [0.2, 0.25) is 0 Å². The lowest BCUT2D eigenvalue weighted by molar-refractivity contribution is 0.0519. The zero-order chi connectivity index (χ0) is 28.4. The summed E-state index contributed by atoms with van der Waals surface area (Å²) in [7, 11) is 0. The maximum atomic E-state index is 12.0. The van der Waals surface area contributed by atoms with E-state index in [2.05, 4.69) is 50.1 Å².